The highest BCUT2D eigenvalue weighted by Gasteiger charge is 2.44. The van der Waals surface area contributed by atoms with E-state index in [0.29, 0.717) is 10.8 Å². The van der Waals surface area contributed by atoms with Gasteiger partial charge in [-0.3, -0.25) is 9.34 Å². The van der Waals surface area contributed by atoms with E-state index in [0.717, 1.165) is 26.2 Å². The second-order valence-electron chi connectivity index (χ2n) is 10.1. The number of nitrogens with zero attached hydrogens (tertiary/aromatic N) is 3. The lowest BCUT2D eigenvalue weighted by atomic mass is 10.2. The van der Waals surface area contributed by atoms with Crippen LogP contribution in [0, 0.1) is 0 Å². The topological polar surface area (TPSA) is 91.0 Å². The van der Waals surface area contributed by atoms with Crippen molar-refractivity contribution >= 4 is 40.4 Å². The van der Waals surface area contributed by atoms with Crippen LogP contribution in [0.2, 0.25) is 0 Å². The molecule has 33 heavy (non-hydrogen) atoms. The SMILES string of the molecule is CC(C)(C)P(=NC(=S)Nc1cccc(S(N)(=O)=O)c1)(N1CCCCCC1)N1CCCCCC1. The van der Waals surface area contributed by atoms with Gasteiger partial charge in [0, 0.05) is 37.0 Å². The van der Waals surface area contributed by atoms with Gasteiger partial charge in [-0.25, -0.2) is 18.3 Å². The molecule has 10 heteroatoms. The van der Waals surface area contributed by atoms with Crippen molar-refractivity contribution in [2.45, 2.75) is 82.2 Å². The molecule has 0 radical (unpaired) electrons. The molecule has 0 atom stereocenters. The number of hydrogen-bond acceptors (Lipinski definition) is 3. The number of rotatable bonds is 4. The number of hydrogen-bond donors (Lipinski definition) is 2. The monoisotopic (exact) mass is 513 g/mol. The maximum absolute atomic E-state index is 11.8. The lowest BCUT2D eigenvalue weighted by Gasteiger charge is -2.50. The van der Waals surface area contributed by atoms with Gasteiger partial charge in [0.05, 0.1) is 4.90 Å². The molecule has 0 bridgehead atoms. The van der Waals surface area contributed by atoms with Crippen molar-refractivity contribution in [3.8, 4) is 0 Å². The molecular formula is C23H40N5O2PS2. The van der Waals surface area contributed by atoms with E-state index in [1.54, 1.807) is 12.1 Å². The molecule has 0 aromatic heterocycles. The Morgan fingerprint density at radius 1 is 0.970 bits per heavy atom. The average molecular weight is 514 g/mol. The molecule has 7 nitrogen and oxygen atoms in total. The molecule has 0 spiro atoms. The highest BCUT2D eigenvalue weighted by atomic mass is 32.2. The summed E-state index contributed by atoms with van der Waals surface area (Å²) in [5, 5.41) is 8.87. The van der Waals surface area contributed by atoms with Crippen LogP contribution in [-0.2, 0) is 10.0 Å². The van der Waals surface area contributed by atoms with Gasteiger partial charge in [-0.15, -0.1) is 0 Å². The molecule has 2 heterocycles. The van der Waals surface area contributed by atoms with Crippen LogP contribution in [0.1, 0.15) is 72.1 Å². The van der Waals surface area contributed by atoms with Gasteiger partial charge in [-0.2, -0.15) is 0 Å². The molecule has 1 aromatic rings. The van der Waals surface area contributed by atoms with Gasteiger partial charge in [-0.1, -0.05) is 52.5 Å². The Balaban J connectivity index is 2.05. The normalized spacial score (nSPS) is 20.0. The first-order valence-electron chi connectivity index (χ1n) is 12.1. The maximum atomic E-state index is 11.8. The lowest BCUT2D eigenvalue weighted by Crippen LogP contribution is -2.42. The summed E-state index contributed by atoms with van der Waals surface area (Å²) in [5.41, 5.74) is 0.592. The summed E-state index contributed by atoms with van der Waals surface area (Å²) in [6, 6.07) is 6.47. The average Bonchev–Trinajstić information content (AvgIpc) is 3.16. The summed E-state index contributed by atoms with van der Waals surface area (Å²) < 4.78 is 34.3. The van der Waals surface area contributed by atoms with Crippen LogP contribution >= 0.6 is 19.6 Å². The minimum atomic E-state index is -3.79. The fourth-order valence-electron chi connectivity index (χ4n) is 5.00. The largest absolute Gasteiger partial charge is 0.331 e. The third-order valence-electron chi connectivity index (χ3n) is 6.50. The van der Waals surface area contributed by atoms with E-state index in [1.807, 2.05) is 0 Å². The molecule has 2 saturated heterocycles. The van der Waals surface area contributed by atoms with Crippen molar-refractivity contribution in [3.05, 3.63) is 24.3 Å². The van der Waals surface area contributed by atoms with Crippen molar-refractivity contribution in [1.82, 2.24) is 9.34 Å². The van der Waals surface area contributed by atoms with Gasteiger partial charge in [-0.05, 0) is 56.1 Å². The minimum absolute atomic E-state index is 0.0622. The fourth-order valence-corrected chi connectivity index (χ4v) is 10.6. The minimum Gasteiger partial charge on any atom is -0.331 e. The van der Waals surface area contributed by atoms with Gasteiger partial charge < -0.3 is 5.32 Å². The Morgan fingerprint density at radius 3 is 1.88 bits per heavy atom. The highest BCUT2D eigenvalue weighted by molar-refractivity contribution is 7.89. The Labute approximate surface area is 205 Å². The Hall–Kier alpha value is -0.830. The first-order valence-corrected chi connectivity index (χ1v) is 15.7. The summed E-state index contributed by atoms with van der Waals surface area (Å²) in [6.45, 7) is 11.1. The van der Waals surface area contributed by atoms with Gasteiger partial charge in [0.2, 0.25) is 10.0 Å². The van der Waals surface area contributed by atoms with Crippen LogP contribution in [0.25, 0.3) is 0 Å². The van der Waals surface area contributed by atoms with Crippen LogP contribution in [0.4, 0.5) is 5.69 Å². The molecule has 3 rings (SSSR count). The van der Waals surface area contributed by atoms with Gasteiger partial charge in [0.25, 0.3) is 0 Å². The van der Waals surface area contributed by atoms with Crippen LogP contribution in [-0.4, -0.2) is 54.2 Å². The third-order valence-corrected chi connectivity index (χ3v) is 12.4. The van der Waals surface area contributed by atoms with Crippen molar-refractivity contribution in [3.63, 3.8) is 0 Å². The van der Waals surface area contributed by atoms with Gasteiger partial charge in [0.1, 0.15) is 7.36 Å². The van der Waals surface area contributed by atoms with E-state index >= 15 is 0 Å². The fraction of sp³-hybridized carbons (Fsp3) is 0.696. The zero-order chi connectivity index (χ0) is 24.1. The molecule has 0 saturated carbocycles. The van der Waals surface area contributed by atoms with Crippen molar-refractivity contribution in [1.29, 1.82) is 0 Å². The predicted molar refractivity (Wildman–Crippen MR) is 143 cm³/mol. The number of nitrogens with one attached hydrogen (secondary N) is 1. The molecule has 186 valence electrons. The smallest absolute Gasteiger partial charge is 0.238 e. The first-order chi connectivity index (χ1) is 15.5. The van der Waals surface area contributed by atoms with Crippen LogP contribution < -0.4 is 10.5 Å². The van der Waals surface area contributed by atoms with Crippen molar-refractivity contribution < 1.29 is 8.42 Å². The summed E-state index contributed by atoms with van der Waals surface area (Å²) in [7, 11) is -5.96. The molecule has 3 N–H and O–H groups in total. The Morgan fingerprint density at radius 2 is 1.45 bits per heavy atom. The Bertz CT molecular complexity index is 951. The second-order valence-corrected chi connectivity index (χ2v) is 15.8. The summed E-state index contributed by atoms with van der Waals surface area (Å²) >= 11 is 5.81. The second kappa shape index (κ2) is 11.3. The summed E-state index contributed by atoms with van der Waals surface area (Å²) in [5.74, 6) is 0. The van der Waals surface area contributed by atoms with Crippen molar-refractivity contribution in [2.24, 2.45) is 9.88 Å². The number of anilines is 1. The number of primary sulfonamides is 1. The van der Waals surface area contributed by atoms with Gasteiger partial charge >= 0.3 is 0 Å². The van der Waals surface area contributed by atoms with Crippen molar-refractivity contribution in [2.75, 3.05) is 31.5 Å². The summed E-state index contributed by atoms with van der Waals surface area (Å²) in [6.07, 6.45) is 9.84. The van der Waals surface area contributed by atoms with E-state index in [4.69, 9.17) is 22.1 Å². The third kappa shape index (κ3) is 6.65. The molecule has 1 aromatic carbocycles. The lowest BCUT2D eigenvalue weighted by molar-refractivity contribution is 0.368. The summed E-state index contributed by atoms with van der Waals surface area (Å²) in [4.78, 5) is 0.0622. The zero-order valence-electron chi connectivity index (χ0n) is 20.3. The standard InChI is InChI=1S/C23H40N5O2PS2/c1-23(2,3)31(27-15-8-4-5-9-16-27,28-17-10-6-7-11-18-28)26-22(32)25-20-13-12-14-21(19-20)33(24,29)30/h12-14,19H,4-11,15-18H2,1-3H3,(H,25,32)(H2,24,29,30). The van der Waals surface area contributed by atoms with E-state index < -0.39 is 17.4 Å². The molecule has 2 aliphatic rings. The van der Waals surface area contributed by atoms with E-state index in [-0.39, 0.29) is 10.1 Å². The number of sulfonamides is 1. The Kier molecular flexibility index (Phi) is 9.14. The quantitative estimate of drug-likeness (QED) is 0.402. The first kappa shape index (κ1) is 26.8. The highest BCUT2D eigenvalue weighted by Crippen LogP contribution is 2.66. The molecule has 0 amide bonds. The molecular weight excluding hydrogens is 473 g/mol. The van der Waals surface area contributed by atoms with Crippen LogP contribution in [0.3, 0.4) is 0 Å². The van der Waals surface area contributed by atoms with E-state index in [1.165, 1.54) is 63.5 Å². The molecule has 0 aliphatic carbocycles. The predicted octanol–water partition coefficient (Wildman–Crippen LogP) is 5.61. The van der Waals surface area contributed by atoms with Crippen LogP contribution in [0.15, 0.2) is 33.9 Å². The molecule has 2 fully saturated rings. The maximum Gasteiger partial charge on any atom is 0.238 e. The molecule has 2 aliphatic heterocycles. The van der Waals surface area contributed by atoms with Crippen LogP contribution in [0.5, 0.6) is 0 Å². The number of benzene rings is 1. The molecule has 0 unspecified atom stereocenters. The number of nitrogens with two attached hydrogens (primary N) is 1. The van der Waals surface area contributed by atoms with E-state index in [9.17, 15) is 8.42 Å². The van der Waals surface area contributed by atoms with E-state index in [2.05, 4.69) is 35.4 Å². The zero-order valence-corrected chi connectivity index (χ0v) is 22.8. The van der Waals surface area contributed by atoms with Gasteiger partial charge in [0.15, 0.2) is 5.11 Å². The number of thiocarbonyl (C=S) groups is 1.